The van der Waals surface area contributed by atoms with E-state index in [9.17, 15) is 19.5 Å². The number of ether oxygens (including phenoxy) is 2. The number of ketones is 1. The molecule has 3 aromatic rings. The van der Waals surface area contributed by atoms with Gasteiger partial charge in [-0.1, -0.05) is 46.3 Å². The van der Waals surface area contributed by atoms with E-state index in [4.69, 9.17) is 9.47 Å². The summed E-state index contributed by atoms with van der Waals surface area (Å²) in [7, 11) is 0. The molecule has 1 N–H and O–H groups in total. The van der Waals surface area contributed by atoms with Gasteiger partial charge in [0.25, 0.3) is 5.78 Å². The van der Waals surface area contributed by atoms with Gasteiger partial charge in [-0.15, -0.1) is 0 Å². The molecule has 1 atom stereocenters. The topological polar surface area (TPSA) is 106 Å². The third-order valence-electron chi connectivity index (χ3n) is 5.68. The fourth-order valence-corrected chi connectivity index (χ4v) is 5.20. The molecular weight excluding hydrogens is 560 g/mol. The summed E-state index contributed by atoms with van der Waals surface area (Å²) < 4.78 is 11.5. The Morgan fingerprint density at radius 2 is 1.78 bits per heavy atom. The van der Waals surface area contributed by atoms with E-state index in [1.807, 2.05) is 6.92 Å². The maximum absolute atomic E-state index is 13.3. The van der Waals surface area contributed by atoms with Gasteiger partial charge in [-0.25, -0.2) is 9.78 Å². The molecule has 1 aromatic heterocycles. The number of benzene rings is 2. The van der Waals surface area contributed by atoms with E-state index in [0.29, 0.717) is 29.2 Å². The quantitative estimate of drug-likeness (QED) is 0.154. The highest BCUT2D eigenvalue weighted by molar-refractivity contribution is 9.10. The van der Waals surface area contributed by atoms with E-state index in [-0.39, 0.29) is 27.9 Å². The van der Waals surface area contributed by atoms with E-state index < -0.39 is 23.7 Å². The van der Waals surface area contributed by atoms with E-state index in [0.717, 1.165) is 22.2 Å². The normalized spacial score (nSPS) is 16.8. The largest absolute Gasteiger partial charge is 0.507 e. The second kappa shape index (κ2) is 11.3. The number of carbonyl (C=O) groups excluding carboxylic acids is 3. The van der Waals surface area contributed by atoms with Crippen LogP contribution in [0.3, 0.4) is 0 Å². The number of halogens is 1. The number of hydrogen-bond donors (Lipinski definition) is 1. The Morgan fingerprint density at radius 1 is 1.11 bits per heavy atom. The molecule has 37 heavy (non-hydrogen) atoms. The summed E-state index contributed by atoms with van der Waals surface area (Å²) in [6.45, 7) is 6.09. The summed E-state index contributed by atoms with van der Waals surface area (Å²) >= 11 is 4.37. The van der Waals surface area contributed by atoms with E-state index >= 15 is 0 Å². The van der Waals surface area contributed by atoms with Gasteiger partial charge in [-0.2, -0.15) is 0 Å². The number of aryl methyl sites for hydroxylation is 1. The number of amides is 1. The fraction of sp³-hybridized carbons (Fsp3) is 0.259. The molecule has 1 saturated heterocycles. The molecule has 0 spiro atoms. The summed E-state index contributed by atoms with van der Waals surface area (Å²) in [5, 5.41) is 11.4. The van der Waals surface area contributed by atoms with Crippen molar-refractivity contribution in [2.45, 2.75) is 33.2 Å². The van der Waals surface area contributed by atoms with Crippen molar-refractivity contribution in [3.63, 3.8) is 0 Å². The number of Topliss-reactive ketones (excluding diaryl/α,β-unsaturated/α-hetero) is 1. The van der Waals surface area contributed by atoms with E-state index in [2.05, 4.69) is 20.9 Å². The highest BCUT2D eigenvalue weighted by Crippen LogP contribution is 2.44. The zero-order chi connectivity index (χ0) is 26.7. The first kappa shape index (κ1) is 26.6. The van der Waals surface area contributed by atoms with Gasteiger partial charge in [0.05, 0.1) is 30.5 Å². The Balaban J connectivity index is 1.84. The smallest absolute Gasteiger partial charge is 0.350 e. The first-order valence-corrected chi connectivity index (χ1v) is 13.3. The summed E-state index contributed by atoms with van der Waals surface area (Å²) in [4.78, 5) is 45.0. The van der Waals surface area contributed by atoms with Gasteiger partial charge in [-0.3, -0.25) is 14.5 Å². The molecule has 0 aliphatic carbocycles. The second-order valence-electron chi connectivity index (χ2n) is 8.22. The van der Waals surface area contributed by atoms with E-state index in [1.165, 1.54) is 4.90 Å². The van der Waals surface area contributed by atoms with Crippen LogP contribution in [0.1, 0.15) is 52.8 Å². The van der Waals surface area contributed by atoms with Crippen LogP contribution in [0, 0.1) is 6.92 Å². The van der Waals surface area contributed by atoms with Crippen molar-refractivity contribution in [3.05, 3.63) is 80.3 Å². The highest BCUT2D eigenvalue weighted by Gasteiger charge is 2.48. The van der Waals surface area contributed by atoms with Crippen molar-refractivity contribution < 1.29 is 29.0 Å². The lowest BCUT2D eigenvalue weighted by molar-refractivity contribution is -0.132. The number of thiazole rings is 1. The van der Waals surface area contributed by atoms with Crippen LogP contribution in [0.25, 0.3) is 5.76 Å². The van der Waals surface area contributed by atoms with Crippen LogP contribution < -0.4 is 9.64 Å². The molecule has 8 nitrogen and oxygen atoms in total. The van der Waals surface area contributed by atoms with Crippen LogP contribution in [0.2, 0.25) is 0 Å². The molecule has 1 fully saturated rings. The number of rotatable bonds is 8. The van der Waals surface area contributed by atoms with Crippen molar-refractivity contribution in [1.29, 1.82) is 0 Å². The molecule has 1 unspecified atom stereocenters. The number of anilines is 1. The molecule has 1 aliphatic heterocycles. The Morgan fingerprint density at radius 3 is 2.41 bits per heavy atom. The third-order valence-corrected chi connectivity index (χ3v) is 7.35. The fourth-order valence-electron chi connectivity index (χ4n) is 3.95. The monoisotopic (exact) mass is 584 g/mol. The van der Waals surface area contributed by atoms with Crippen LogP contribution in [0.15, 0.2) is 58.6 Å². The van der Waals surface area contributed by atoms with Crippen LogP contribution in [-0.4, -0.2) is 41.0 Å². The summed E-state index contributed by atoms with van der Waals surface area (Å²) in [6, 6.07) is 12.8. The van der Waals surface area contributed by atoms with Crippen LogP contribution in [0.4, 0.5) is 5.13 Å². The average Bonchev–Trinajstić information content (AvgIpc) is 3.40. The summed E-state index contributed by atoms with van der Waals surface area (Å²) in [6.07, 6.45) is 0.854. The van der Waals surface area contributed by atoms with Gasteiger partial charge in [0, 0.05) is 10.0 Å². The molecule has 4 rings (SSSR count). The maximum Gasteiger partial charge on any atom is 0.350 e. The first-order valence-electron chi connectivity index (χ1n) is 11.7. The van der Waals surface area contributed by atoms with Crippen LogP contribution in [-0.2, 0) is 14.3 Å². The molecule has 2 heterocycles. The van der Waals surface area contributed by atoms with Gasteiger partial charge in [0.1, 0.15) is 16.4 Å². The van der Waals surface area contributed by atoms with Crippen molar-refractivity contribution in [3.8, 4) is 5.75 Å². The minimum Gasteiger partial charge on any atom is -0.507 e. The molecule has 1 amide bonds. The Hall–Kier alpha value is -3.50. The zero-order valence-corrected chi connectivity index (χ0v) is 22.9. The minimum atomic E-state index is -0.954. The van der Waals surface area contributed by atoms with Crippen molar-refractivity contribution in [2.75, 3.05) is 18.1 Å². The molecule has 0 bridgehead atoms. The number of aromatic nitrogens is 1. The van der Waals surface area contributed by atoms with Crippen LogP contribution >= 0.6 is 27.3 Å². The Kier molecular flexibility index (Phi) is 8.09. The summed E-state index contributed by atoms with van der Waals surface area (Å²) in [5.41, 5.74) is 1.28. The minimum absolute atomic E-state index is 0.0694. The van der Waals surface area contributed by atoms with Crippen LogP contribution in [0.5, 0.6) is 5.75 Å². The van der Waals surface area contributed by atoms with Gasteiger partial charge in [-0.05, 0) is 62.2 Å². The molecule has 192 valence electrons. The highest BCUT2D eigenvalue weighted by atomic mass is 79.9. The first-order chi connectivity index (χ1) is 17.8. The number of hydrogen-bond acceptors (Lipinski definition) is 8. The Labute approximate surface area is 226 Å². The second-order valence-corrected chi connectivity index (χ2v) is 10.1. The van der Waals surface area contributed by atoms with Gasteiger partial charge in [0.2, 0.25) is 0 Å². The van der Waals surface area contributed by atoms with Crippen molar-refractivity contribution in [1.82, 2.24) is 4.98 Å². The lowest BCUT2D eigenvalue weighted by Crippen LogP contribution is -2.29. The van der Waals surface area contributed by atoms with E-state index in [1.54, 1.807) is 62.4 Å². The SMILES string of the molecule is CCCOc1ccc(/C(O)=C2\C(=O)C(=O)N(c3nc(C)c(C(=O)OCC)s3)C2c2ccc(Br)cc2)cc1. The molecule has 10 heteroatoms. The average molecular weight is 585 g/mol. The maximum atomic E-state index is 13.3. The third kappa shape index (κ3) is 5.30. The van der Waals surface area contributed by atoms with Gasteiger partial charge < -0.3 is 14.6 Å². The lowest BCUT2D eigenvalue weighted by atomic mass is 9.95. The standard InChI is InChI=1S/C27H25BrN2O6S/c1-4-14-36-19-12-8-17(9-13-19)22(31)20-21(16-6-10-18(28)11-7-16)30(25(33)23(20)32)27-29-15(3)24(37-27)26(34)35-5-2/h6-13,21,31H,4-5,14H2,1-3H3/b22-20+. The molecule has 0 saturated carbocycles. The number of aliphatic hydroxyl groups is 1. The predicted molar refractivity (Wildman–Crippen MR) is 144 cm³/mol. The predicted octanol–water partition coefficient (Wildman–Crippen LogP) is 5.81. The van der Waals surface area contributed by atoms with Gasteiger partial charge >= 0.3 is 11.9 Å². The lowest BCUT2D eigenvalue weighted by Gasteiger charge is -2.23. The Bertz CT molecular complexity index is 1360. The number of carbonyl (C=O) groups is 3. The van der Waals surface area contributed by atoms with Crippen molar-refractivity contribution >= 4 is 55.8 Å². The molecule has 2 aromatic carbocycles. The van der Waals surface area contributed by atoms with Crippen molar-refractivity contribution in [2.24, 2.45) is 0 Å². The number of nitrogens with zero attached hydrogens (tertiary/aromatic N) is 2. The van der Waals surface area contributed by atoms with Gasteiger partial charge in [0.15, 0.2) is 5.13 Å². The number of esters is 1. The zero-order valence-electron chi connectivity index (χ0n) is 20.5. The number of aliphatic hydroxyl groups excluding tert-OH is 1. The summed E-state index contributed by atoms with van der Waals surface area (Å²) in [5.74, 6) is -1.92. The molecule has 1 aliphatic rings. The molecule has 0 radical (unpaired) electrons. The molecular formula is C27H25BrN2O6S.